The van der Waals surface area contributed by atoms with Crippen LogP contribution in [0.15, 0.2) is 23.3 Å². The molecule has 1 N–H and O–H groups in total. The molecule has 1 spiro atoms. The molecule has 0 unspecified atom stereocenters. The van der Waals surface area contributed by atoms with E-state index >= 15 is 0 Å². The second kappa shape index (κ2) is 6.88. The standard InChI is InChI=1S/C17H20FN5O2S/c18-12-6-19-16(20-7-12)23-5-2-14(24)17(10-23)3-1-4-22(9-17)15(25)13-8-26-11-21-13/h6-8,11,14,24H,1-5,9-10H2/t14-,17+/m1/s1. The molecule has 2 saturated heterocycles. The first kappa shape index (κ1) is 17.3. The van der Waals surface area contributed by atoms with Gasteiger partial charge < -0.3 is 14.9 Å². The summed E-state index contributed by atoms with van der Waals surface area (Å²) in [6, 6.07) is 0. The zero-order chi connectivity index (χ0) is 18.1. The van der Waals surface area contributed by atoms with Gasteiger partial charge in [-0.25, -0.2) is 19.3 Å². The summed E-state index contributed by atoms with van der Waals surface area (Å²) in [7, 11) is 0. The van der Waals surface area contributed by atoms with E-state index < -0.39 is 17.3 Å². The number of aliphatic hydroxyl groups is 1. The van der Waals surface area contributed by atoms with E-state index in [9.17, 15) is 14.3 Å². The Labute approximate surface area is 154 Å². The number of carbonyl (C=O) groups excluding carboxylic acids is 1. The summed E-state index contributed by atoms with van der Waals surface area (Å²) in [4.78, 5) is 28.7. The largest absolute Gasteiger partial charge is 0.392 e. The predicted octanol–water partition coefficient (Wildman–Crippen LogP) is 1.57. The summed E-state index contributed by atoms with van der Waals surface area (Å²) < 4.78 is 13.1. The van der Waals surface area contributed by atoms with Crippen molar-refractivity contribution in [2.45, 2.75) is 25.4 Å². The molecule has 0 bridgehead atoms. The fourth-order valence-corrected chi connectivity index (χ4v) is 4.53. The van der Waals surface area contributed by atoms with Crippen molar-refractivity contribution in [1.29, 1.82) is 0 Å². The van der Waals surface area contributed by atoms with Crippen molar-refractivity contribution in [2.75, 3.05) is 31.1 Å². The third kappa shape index (κ3) is 3.16. The van der Waals surface area contributed by atoms with E-state index in [-0.39, 0.29) is 5.91 Å². The number of hydrogen-bond donors (Lipinski definition) is 1. The molecule has 0 radical (unpaired) electrons. The summed E-state index contributed by atoms with van der Waals surface area (Å²) in [5.74, 6) is -0.105. The van der Waals surface area contributed by atoms with Gasteiger partial charge in [0.2, 0.25) is 5.95 Å². The van der Waals surface area contributed by atoms with Gasteiger partial charge in [0.1, 0.15) is 5.69 Å². The van der Waals surface area contributed by atoms with E-state index in [0.717, 1.165) is 25.2 Å². The Morgan fingerprint density at radius 2 is 2.08 bits per heavy atom. The molecule has 2 aliphatic heterocycles. The van der Waals surface area contributed by atoms with Crippen molar-refractivity contribution >= 4 is 23.2 Å². The van der Waals surface area contributed by atoms with E-state index in [1.54, 1.807) is 15.8 Å². The number of aromatic nitrogens is 3. The van der Waals surface area contributed by atoms with Gasteiger partial charge in [0.05, 0.1) is 24.0 Å². The molecule has 2 aromatic rings. The van der Waals surface area contributed by atoms with Crippen LogP contribution in [0.1, 0.15) is 29.8 Å². The molecule has 0 aliphatic carbocycles. The van der Waals surface area contributed by atoms with Gasteiger partial charge in [-0.2, -0.15) is 0 Å². The summed E-state index contributed by atoms with van der Waals surface area (Å²) in [5, 5.41) is 12.5. The zero-order valence-electron chi connectivity index (χ0n) is 14.2. The first-order valence-corrected chi connectivity index (χ1v) is 9.60. The Hall–Kier alpha value is -2.13. The van der Waals surface area contributed by atoms with Crippen LogP contribution in [0.2, 0.25) is 0 Å². The lowest BCUT2D eigenvalue weighted by atomic mass is 9.71. The van der Waals surface area contributed by atoms with Gasteiger partial charge in [0, 0.05) is 37.0 Å². The van der Waals surface area contributed by atoms with E-state index in [2.05, 4.69) is 15.0 Å². The van der Waals surface area contributed by atoms with Crippen molar-refractivity contribution in [3.05, 3.63) is 34.8 Å². The predicted molar refractivity (Wildman–Crippen MR) is 94.5 cm³/mol. The van der Waals surface area contributed by atoms with Gasteiger partial charge in [-0.1, -0.05) is 0 Å². The molecule has 0 saturated carbocycles. The minimum Gasteiger partial charge on any atom is -0.392 e. The number of anilines is 1. The third-order valence-corrected chi connectivity index (χ3v) is 5.91. The number of thiazole rings is 1. The number of amides is 1. The second-order valence-electron chi connectivity index (χ2n) is 6.99. The summed E-state index contributed by atoms with van der Waals surface area (Å²) in [6.07, 6.45) is 4.03. The molecule has 1 amide bonds. The van der Waals surface area contributed by atoms with Gasteiger partial charge in [-0.05, 0) is 19.3 Å². The number of hydrogen-bond acceptors (Lipinski definition) is 7. The monoisotopic (exact) mass is 377 g/mol. The third-order valence-electron chi connectivity index (χ3n) is 5.32. The minimum atomic E-state index is -0.495. The second-order valence-corrected chi connectivity index (χ2v) is 7.71. The zero-order valence-corrected chi connectivity index (χ0v) is 15.0. The summed E-state index contributed by atoms with van der Waals surface area (Å²) in [5.41, 5.74) is 1.67. The first-order chi connectivity index (χ1) is 12.6. The Morgan fingerprint density at radius 1 is 1.27 bits per heavy atom. The highest BCUT2D eigenvalue weighted by Crippen LogP contribution is 2.39. The molecule has 2 atom stereocenters. The maximum absolute atomic E-state index is 13.1. The Kier molecular flexibility index (Phi) is 4.58. The Bertz CT molecular complexity index is 772. The average molecular weight is 377 g/mol. The van der Waals surface area contributed by atoms with Crippen molar-refractivity contribution in [3.8, 4) is 0 Å². The molecule has 4 rings (SSSR count). The van der Waals surface area contributed by atoms with Crippen LogP contribution in [-0.2, 0) is 0 Å². The van der Waals surface area contributed by atoms with Crippen LogP contribution < -0.4 is 4.90 Å². The SMILES string of the molecule is O=C(c1cscn1)N1CCC[C@]2(C1)CN(c1ncc(F)cn1)CC[C@H]2O. The molecular formula is C17H20FN5O2S. The molecule has 0 aromatic carbocycles. The number of aliphatic hydroxyl groups excluding tert-OH is 1. The normalized spacial score (nSPS) is 26.3. The van der Waals surface area contributed by atoms with Gasteiger partial charge in [-0.15, -0.1) is 11.3 Å². The molecule has 2 aliphatic rings. The maximum atomic E-state index is 13.1. The van der Waals surface area contributed by atoms with Crippen molar-refractivity contribution < 1.29 is 14.3 Å². The molecule has 2 fully saturated rings. The lowest BCUT2D eigenvalue weighted by Crippen LogP contribution is -2.60. The number of carbonyl (C=O) groups is 1. The summed E-state index contributed by atoms with van der Waals surface area (Å²) >= 11 is 1.39. The highest BCUT2D eigenvalue weighted by atomic mass is 32.1. The quantitative estimate of drug-likeness (QED) is 0.855. The van der Waals surface area contributed by atoms with Crippen molar-refractivity contribution in [1.82, 2.24) is 19.9 Å². The minimum absolute atomic E-state index is 0.0901. The number of nitrogens with zero attached hydrogens (tertiary/aromatic N) is 5. The van der Waals surface area contributed by atoms with E-state index in [0.29, 0.717) is 44.2 Å². The van der Waals surface area contributed by atoms with Crippen molar-refractivity contribution in [2.24, 2.45) is 5.41 Å². The lowest BCUT2D eigenvalue weighted by molar-refractivity contribution is -0.0364. The van der Waals surface area contributed by atoms with Gasteiger partial charge in [-0.3, -0.25) is 4.79 Å². The first-order valence-electron chi connectivity index (χ1n) is 8.65. The van der Waals surface area contributed by atoms with E-state index in [4.69, 9.17) is 0 Å². The highest BCUT2D eigenvalue weighted by molar-refractivity contribution is 7.07. The van der Waals surface area contributed by atoms with Gasteiger partial charge >= 0.3 is 0 Å². The number of piperidine rings is 2. The number of halogens is 1. The lowest BCUT2D eigenvalue weighted by Gasteiger charge is -2.50. The fraction of sp³-hybridized carbons (Fsp3) is 0.529. The van der Waals surface area contributed by atoms with E-state index in [1.807, 2.05) is 4.90 Å². The topological polar surface area (TPSA) is 82.5 Å². The number of likely N-dealkylation sites (tertiary alicyclic amines) is 1. The number of rotatable bonds is 2. The molecule has 9 heteroatoms. The van der Waals surface area contributed by atoms with Crippen LogP contribution in [0, 0.1) is 11.2 Å². The van der Waals surface area contributed by atoms with Crippen LogP contribution in [-0.4, -0.2) is 63.1 Å². The van der Waals surface area contributed by atoms with Crippen LogP contribution in [0.25, 0.3) is 0 Å². The maximum Gasteiger partial charge on any atom is 0.273 e. The molecule has 2 aromatic heterocycles. The molecule has 138 valence electrons. The van der Waals surface area contributed by atoms with Gasteiger partial charge in [0.15, 0.2) is 5.82 Å². The Balaban J connectivity index is 1.54. The van der Waals surface area contributed by atoms with Crippen LogP contribution >= 0.6 is 11.3 Å². The van der Waals surface area contributed by atoms with Crippen molar-refractivity contribution in [3.63, 3.8) is 0 Å². The molecule has 26 heavy (non-hydrogen) atoms. The van der Waals surface area contributed by atoms with Crippen LogP contribution in [0.5, 0.6) is 0 Å². The van der Waals surface area contributed by atoms with Crippen LogP contribution in [0.4, 0.5) is 10.3 Å². The molecule has 4 heterocycles. The summed E-state index contributed by atoms with van der Waals surface area (Å²) in [6.45, 7) is 2.29. The molecular weight excluding hydrogens is 357 g/mol. The smallest absolute Gasteiger partial charge is 0.273 e. The van der Waals surface area contributed by atoms with E-state index in [1.165, 1.54) is 11.3 Å². The van der Waals surface area contributed by atoms with Gasteiger partial charge in [0.25, 0.3) is 5.91 Å². The molecule has 7 nitrogen and oxygen atoms in total. The Morgan fingerprint density at radius 3 is 2.81 bits per heavy atom. The van der Waals surface area contributed by atoms with Crippen LogP contribution in [0.3, 0.4) is 0 Å². The average Bonchev–Trinajstić information content (AvgIpc) is 3.19. The highest BCUT2D eigenvalue weighted by Gasteiger charge is 2.47. The fourth-order valence-electron chi connectivity index (χ4n) is 4.00.